The van der Waals surface area contributed by atoms with Gasteiger partial charge in [0.1, 0.15) is 5.75 Å². The fraction of sp³-hybridized carbons (Fsp3) is 0.438. The lowest BCUT2D eigenvalue weighted by Crippen LogP contribution is -2.38. The largest absolute Gasteiger partial charge is 0.508 e. The minimum Gasteiger partial charge on any atom is -0.508 e. The van der Waals surface area contributed by atoms with E-state index in [0.29, 0.717) is 5.75 Å². The van der Waals surface area contributed by atoms with Gasteiger partial charge in [-0.05, 0) is 56.6 Å². The van der Waals surface area contributed by atoms with Gasteiger partial charge in [-0.3, -0.25) is 0 Å². The molecule has 1 fully saturated rings. The molecule has 3 rings (SSSR count). The Hall–Kier alpha value is -1.81. The van der Waals surface area contributed by atoms with E-state index in [-0.39, 0.29) is 5.41 Å². The van der Waals surface area contributed by atoms with Crippen LogP contribution in [0.4, 0.5) is 0 Å². The highest BCUT2D eigenvalue weighted by molar-refractivity contribution is 5.46. The van der Waals surface area contributed by atoms with Crippen LogP contribution in [-0.2, 0) is 5.41 Å². The van der Waals surface area contributed by atoms with Gasteiger partial charge in [0.25, 0.3) is 0 Å². The standard InChI is InChI=1S/C16H21N3O/c1-12-9-13(20)3-4-14(12)19-11-18-10-15(19)16(2)5-7-17-8-6-16/h3-4,9-11,17,20H,5-8H2,1-2H3. The minimum absolute atomic E-state index is 0.159. The topological polar surface area (TPSA) is 50.1 Å². The molecule has 1 aromatic carbocycles. The zero-order chi connectivity index (χ0) is 14.2. The maximum Gasteiger partial charge on any atom is 0.115 e. The molecule has 0 saturated carbocycles. The van der Waals surface area contributed by atoms with Crippen molar-refractivity contribution in [2.45, 2.75) is 32.1 Å². The number of hydrogen-bond acceptors (Lipinski definition) is 3. The van der Waals surface area contributed by atoms with E-state index in [9.17, 15) is 5.11 Å². The molecule has 1 aliphatic heterocycles. The van der Waals surface area contributed by atoms with Crippen molar-refractivity contribution in [1.82, 2.24) is 14.9 Å². The van der Waals surface area contributed by atoms with E-state index >= 15 is 0 Å². The van der Waals surface area contributed by atoms with Crippen LogP contribution in [0, 0.1) is 6.92 Å². The van der Waals surface area contributed by atoms with E-state index in [1.807, 2.05) is 25.5 Å². The summed E-state index contributed by atoms with van der Waals surface area (Å²) in [6.45, 7) is 6.44. The summed E-state index contributed by atoms with van der Waals surface area (Å²) in [5.41, 5.74) is 3.57. The molecule has 4 nitrogen and oxygen atoms in total. The van der Waals surface area contributed by atoms with E-state index in [1.54, 1.807) is 12.1 Å². The van der Waals surface area contributed by atoms with Gasteiger partial charge in [0.15, 0.2) is 0 Å². The molecule has 0 spiro atoms. The molecule has 0 bridgehead atoms. The monoisotopic (exact) mass is 271 g/mol. The number of hydrogen-bond donors (Lipinski definition) is 2. The highest BCUT2D eigenvalue weighted by Crippen LogP contribution is 2.34. The lowest BCUT2D eigenvalue weighted by Gasteiger charge is -2.34. The van der Waals surface area contributed by atoms with Crippen molar-refractivity contribution in [2.75, 3.05) is 13.1 Å². The number of nitrogens with zero attached hydrogens (tertiary/aromatic N) is 2. The smallest absolute Gasteiger partial charge is 0.115 e. The summed E-state index contributed by atoms with van der Waals surface area (Å²) in [4.78, 5) is 4.36. The van der Waals surface area contributed by atoms with Crippen LogP contribution in [0.25, 0.3) is 5.69 Å². The number of phenols is 1. The van der Waals surface area contributed by atoms with E-state index in [0.717, 1.165) is 37.2 Å². The molecule has 2 heterocycles. The third kappa shape index (κ3) is 2.20. The zero-order valence-corrected chi connectivity index (χ0v) is 12.1. The zero-order valence-electron chi connectivity index (χ0n) is 12.1. The predicted octanol–water partition coefficient (Wildman–Crippen LogP) is 2.53. The molecule has 2 N–H and O–H groups in total. The van der Waals surface area contributed by atoms with Crippen LogP contribution in [0.5, 0.6) is 5.75 Å². The van der Waals surface area contributed by atoms with Gasteiger partial charge in [-0.1, -0.05) is 6.92 Å². The average Bonchev–Trinajstić information content (AvgIpc) is 2.89. The molecule has 0 unspecified atom stereocenters. The van der Waals surface area contributed by atoms with Gasteiger partial charge in [0.05, 0.1) is 6.33 Å². The van der Waals surface area contributed by atoms with Gasteiger partial charge in [-0.25, -0.2) is 4.98 Å². The lowest BCUT2D eigenvalue weighted by atomic mass is 9.78. The Bertz CT molecular complexity index is 612. The summed E-state index contributed by atoms with van der Waals surface area (Å²) in [5.74, 6) is 0.306. The number of imidazole rings is 1. The second-order valence-corrected chi connectivity index (χ2v) is 5.93. The van der Waals surface area contributed by atoms with Crippen molar-refractivity contribution < 1.29 is 5.11 Å². The number of aromatic nitrogens is 2. The summed E-state index contributed by atoms with van der Waals surface area (Å²) in [7, 11) is 0. The second kappa shape index (κ2) is 4.94. The Kier molecular flexibility index (Phi) is 3.26. The molecule has 1 aliphatic rings. The third-order valence-corrected chi connectivity index (χ3v) is 4.40. The Morgan fingerprint density at radius 2 is 2.05 bits per heavy atom. The summed E-state index contributed by atoms with van der Waals surface area (Å²) in [6, 6.07) is 5.49. The van der Waals surface area contributed by atoms with Crippen LogP contribution < -0.4 is 5.32 Å². The SMILES string of the molecule is Cc1cc(O)ccc1-n1cncc1C1(C)CCNCC1. The van der Waals surface area contributed by atoms with E-state index in [1.165, 1.54) is 5.69 Å². The van der Waals surface area contributed by atoms with Crippen LogP contribution in [0.2, 0.25) is 0 Å². The van der Waals surface area contributed by atoms with Crippen LogP contribution in [0.3, 0.4) is 0 Å². The number of piperidine rings is 1. The molecule has 0 aliphatic carbocycles. The highest BCUT2D eigenvalue weighted by Gasteiger charge is 2.32. The molecule has 106 valence electrons. The molecule has 1 aromatic heterocycles. The number of nitrogens with one attached hydrogen (secondary N) is 1. The maximum atomic E-state index is 9.57. The fourth-order valence-electron chi connectivity index (χ4n) is 3.08. The number of aromatic hydroxyl groups is 1. The summed E-state index contributed by atoms with van der Waals surface area (Å²) in [5, 5.41) is 13.0. The number of aryl methyl sites for hydroxylation is 1. The second-order valence-electron chi connectivity index (χ2n) is 5.93. The van der Waals surface area contributed by atoms with Gasteiger partial charge in [0.2, 0.25) is 0 Å². The Morgan fingerprint density at radius 3 is 2.75 bits per heavy atom. The van der Waals surface area contributed by atoms with Gasteiger partial charge in [0, 0.05) is 23.0 Å². The van der Waals surface area contributed by atoms with E-state index < -0.39 is 0 Å². The van der Waals surface area contributed by atoms with Crippen molar-refractivity contribution in [3.63, 3.8) is 0 Å². The first-order valence-electron chi connectivity index (χ1n) is 7.14. The normalized spacial score (nSPS) is 18.1. The summed E-state index contributed by atoms with van der Waals surface area (Å²) >= 11 is 0. The summed E-state index contributed by atoms with van der Waals surface area (Å²) in [6.07, 6.45) is 6.10. The molecule has 0 atom stereocenters. The highest BCUT2D eigenvalue weighted by atomic mass is 16.3. The lowest BCUT2D eigenvalue weighted by molar-refractivity contribution is 0.324. The number of benzene rings is 1. The fourth-order valence-corrected chi connectivity index (χ4v) is 3.08. The molecule has 2 aromatic rings. The van der Waals surface area contributed by atoms with Gasteiger partial charge >= 0.3 is 0 Å². The number of phenolic OH excluding ortho intramolecular Hbond substituents is 1. The van der Waals surface area contributed by atoms with Crippen molar-refractivity contribution in [1.29, 1.82) is 0 Å². The van der Waals surface area contributed by atoms with Gasteiger partial charge in [-0.15, -0.1) is 0 Å². The number of rotatable bonds is 2. The van der Waals surface area contributed by atoms with Crippen molar-refractivity contribution in [2.24, 2.45) is 0 Å². The van der Waals surface area contributed by atoms with Crippen molar-refractivity contribution >= 4 is 0 Å². The Labute approximate surface area is 119 Å². The van der Waals surface area contributed by atoms with Crippen LogP contribution in [0.1, 0.15) is 31.0 Å². The van der Waals surface area contributed by atoms with Gasteiger partial charge < -0.3 is 15.0 Å². The van der Waals surface area contributed by atoms with Crippen molar-refractivity contribution in [3.05, 3.63) is 42.0 Å². The molecular formula is C16H21N3O. The molecular weight excluding hydrogens is 250 g/mol. The molecule has 0 amide bonds. The van der Waals surface area contributed by atoms with Crippen LogP contribution in [0.15, 0.2) is 30.7 Å². The maximum absolute atomic E-state index is 9.57. The minimum atomic E-state index is 0.159. The van der Waals surface area contributed by atoms with Crippen molar-refractivity contribution in [3.8, 4) is 11.4 Å². The van der Waals surface area contributed by atoms with E-state index in [4.69, 9.17) is 0 Å². The summed E-state index contributed by atoms with van der Waals surface area (Å²) < 4.78 is 2.17. The first-order chi connectivity index (χ1) is 9.60. The first-order valence-corrected chi connectivity index (χ1v) is 7.14. The molecule has 4 heteroatoms. The first kappa shape index (κ1) is 13.2. The van der Waals surface area contributed by atoms with Gasteiger partial charge in [-0.2, -0.15) is 0 Å². The molecule has 1 saturated heterocycles. The molecule has 0 radical (unpaired) electrons. The van der Waals surface area contributed by atoms with Crippen LogP contribution >= 0.6 is 0 Å². The predicted molar refractivity (Wildman–Crippen MR) is 79.4 cm³/mol. The quantitative estimate of drug-likeness (QED) is 0.882. The average molecular weight is 271 g/mol. The molecule has 20 heavy (non-hydrogen) atoms. The van der Waals surface area contributed by atoms with E-state index in [2.05, 4.69) is 21.8 Å². The van der Waals surface area contributed by atoms with Crippen LogP contribution in [-0.4, -0.2) is 27.7 Å². The Morgan fingerprint density at radius 1 is 1.30 bits per heavy atom. The third-order valence-electron chi connectivity index (χ3n) is 4.40. The Balaban J connectivity index is 2.05.